The quantitative estimate of drug-likeness (QED) is 0.490. The number of thiazole rings is 1. The molecule has 3 fully saturated rings. The molecule has 2 bridgehead atoms. The van der Waals surface area contributed by atoms with E-state index in [9.17, 15) is 14.4 Å². The molecule has 4 aliphatic rings. The first-order valence-electron chi connectivity index (χ1n) is 11.5. The molecule has 1 saturated heterocycles. The summed E-state index contributed by atoms with van der Waals surface area (Å²) in [5.74, 6) is -0.202. The fourth-order valence-corrected chi connectivity index (χ4v) is 10.0. The van der Waals surface area contributed by atoms with Crippen LogP contribution in [0.25, 0.3) is 0 Å². The van der Waals surface area contributed by atoms with Gasteiger partial charge in [-0.2, -0.15) is 0 Å². The summed E-state index contributed by atoms with van der Waals surface area (Å²) < 4.78 is 0. The summed E-state index contributed by atoms with van der Waals surface area (Å²) in [7, 11) is 0. The van der Waals surface area contributed by atoms with Crippen LogP contribution in [0.15, 0.2) is 58.4 Å². The summed E-state index contributed by atoms with van der Waals surface area (Å²) in [6, 6.07) is 15.5. The molecule has 34 heavy (non-hydrogen) atoms. The normalized spacial score (nSPS) is 33.2. The van der Waals surface area contributed by atoms with Crippen LogP contribution >= 0.6 is 34.7 Å². The Morgan fingerprint density at radius 2 is 1.62 bits per heavy atom. The van der Waals surface area contributed by atoms with Crippen molar-refractivity contribution in [3.63, 3.8) is 0 Å². The number of aromatic nitrogens is 1. The molecular weight excluding hydrogens is 488 g/mol. The molecule has 1 N–H and O–H groups in total. The molecule has 0 spiro atoms. The molecule has 3 aromatic rings. The molecule has 7 atom stereocenters. The molecule has 172 valence electrons. The van der Waals surface area contributed by atoms with Crippen LogP contribution < -0.4 is 9.77 Å². The summed E-state index contributed by atoms with van der Waals surface area (Å²) in [5.41, 5.74) is 2.98. The molecule has 2 saturated carbocycles. The predicted octanol–water partition coefficient (Wildman–Crippen LogP) is 5.08. The predicted molar refractivity (Wildman–Crippen MR) is 134 cm³/mol. The highest BCUT2D eigenvalue weighted by Crippen LogP contribution is 2.68. The van der Waals surface area contributed by atoms with E-state index in [2.05, 4.69) is 36.2 Å². The van der Waals surface area contributed by atoms with Crippen LogP contribution in [0.5, 0.6) is 0 Å². The lowest BCUT2D eigenvalue weighted by Crippen LogP contribution is -2.42. The third kappa shape index (κ3) is 2.77. The van der Waals surface area contributed by atoms with Crippen LogP contribution in [-0.4, -0.2) is 22.0 Å². The highest BCUT2D eigenvalue weighted by Gasteiger charge is 2.69. The summed E-state index contributed by atoms with van der Waals surface area (Å²) in [6.45, 7) is 2.07. The second-order valence-electron chi connectivity index (χ2n) is 9.86. The molecule has 2 aliphatic carbocycles. The number of benzene rings is 2. The van der Waals surface area contributed by atoms with E-state index in [4.69, 9.17) is 11.6 Å². The lowest BCUT2D eigenvalue weighted by Gasteiger charge is -2.43. The number of rotatable bonds is 2. The van der Waals surface area contributed by atoms with Gasteiger partial charge in [-0.05, 0) is 60.9 Å². The van der Waals surface area contributed by atoms with Crippen molar-refractivity contribution in [2.45, 2.75) is 29.5 Å². The Bertz CT molecular complexity index is 1400. The highest BCUT2D eigenvalue weighted by molar-refractivity contribution is 8.00. The number of thioether (sulfide) groups is 1. The van der Waals surface area contributed by atoms with E-state index in [1.54, 1.807) is 36.0 Å². The Morgan fingerprint density at radius 1 is 0.941 bits per heavy atom. The fraction of sp³-hybridized carbons (Fsp3) is 0.346. The van der Waals surface area contributed by atoms with Gasteiger partial charge >= 0.3 is 4.87 Å². The highest BCUT2D eigenvalue weighted by atomic mass is 35.5. The van der Waals surface area contributed by atoms with Crippen LogP contribution in [0.3, 0.4) is 0 Å². The first-order valence-corrected chi connectivity index (χ1v) is 13.6. The number of hydrogen-bond acceptors (Lipinski definition) is 5. The number of aromatic amines is 1. The molecule has 2 amide bonds. The zero-order chi connectivity index (χ0) is 23.3. The van der Waals surface area contributed by atoms with E-state index in [1.807, 2.05) is 0 Å². The lowest BCUT2D eigenvalue weighted by atomic mass is 9.68. The van der Waals surface area contributed by atoms with Crippen molar-refractivity contribution in [3.8, 4) is 0 Å². The maximum atomic E-state index is 13.7. The van der Waals surface area contributed by atoms with Gasteiger partial charge in [0.2, 0.25) is 11.8 Å². The second kappa shape index (κ2) is 7.33. The molecule has 5 nitrogen and oxygen atoms in total. The van der Waals surface area contributed by atoms with Crippen LogP contribution in [-0.2, 0) is 9.59 Å². The van der Waals surface area contributed by atoms with E-state index in [0.717, 1.165) is 16.3 Å². The maximum absolute atomic E-state index is 13.7. The average Bonchev–Trinajstić information content (AvgIpc) is 3.54. The Morgan fingerprint density at radius 3 is 2.32 bits per heavy atom. The monoisotopic (exact) mass is 508 g/mol. The molecule has 0 radical (unpaired) electrons. The lowest BCUT2D eigenvalue weighted by molar-refractivity contribution is -0.123. The molecule has 7 rings (SSSR count). The number of hydrogen-bond donors (Lipinski definition) is 1. The van der Waals surface area contributed by atoms with Gasteiger partial charge in [0.25, 0.3) is 0 Å². The minimum absolute atomic E-state index is 0.0387. The Labute approximate surface area is 209 Å². The number of anilines is 1. The van der Waals surface area contributed by atoms with Crippen molar-refractivity contribution in [2.24, 2.45) is 29.6 Å². The first-order chi connectivity index (χ1) is 16.4. The van der Waals surface area contributed by atoms with Crippen LogP contribution in [0, 0.1) is 36.5 Å². The number of nitrogens with zero attached hydrogens (tertiary/aromatic N) is 1. The van der Waals surface area contributed by atoms with Gasteiger partial charge in [0.1, 0.15) is 0 Å². The van der Waals surface area contributed by atoms with Crippen LogP contribution in [0.4, 0.5) is 5.69 Å². The Kier molecular flexibility index (Phi) is 4.52. The SMILES string of the molecule is Cc1ccc([C@@H]2c3sc(=O)[nH]c3S[C@H]3[C@@H]4C[C@H]([C@H]5C(=O)N(c6ccc(Cl)cc6)C(=O)[C@H]45)[C@H]23)cc1. The summed E-state index contributed by atoms with van der Waals surface area (Å²) in [4.78, 5) is 45.1. The Hall–Kier alpha value is -2.35. The zero-order valence-corrected chi connectivity index (χ0v) is 20.6. The minimum Gasteiger partial charge on any atom is -0.307 e. The Balaban J connectivity index is 1.32. The molecule has 0 unspecified atom stereocenters. The van der Waals surface area contributed by atoms with Crippen LogP contribution in [0.1, 0.15) is 28.3 Å². The van der Waals surface area contributed by atoms with Crippen molar-refractivity contribution >= 4 is 52.2 Å². The summed E-state index contributed by atoms with van der Waals surface area (Å²) >= 11 is 9.05. The van der Waals surface area contributed by atoms with Crippen molar-refractivity contribution in [2.75, 3.05) is 4.90 Å². The van der Waals surface area contributed by atoms with Gasteiger partial charge in [0.15, 0.2) is 0 Å². The van der Waals surface area contributed by atoms with Gasteiger partial charge in [-0.15, -0.1) is 11.8 Å². The number of fused-ring (bicyclic) bond motifs is 9. The van der Waals surface area contributed by atoms with E-state index in [0.29, 0.717) is 10.7 Å². The number of amides is 2. The van der Waals surface area contributed by atoms with Gasteiger partial charge in [0.05, 0.1) is 22.5 Å². The standard InChI is InChI=1S/C26H21ClN2O3S2/c1-11-2-4-12(5-3-11)17-18-15-10-16(21(18)33-23-22(17)34-26(32)28-23)20-19(15)24(30)29(25(20)31)14-8-6-13(27)7-9-14/h2-9,15-21H,10H2,1H3,(H,28,32)/t15-,16+,17-,18+,19+,20+,21-/m0/s1. The van der Waals surface area contributed by atoms with Gasteiger partial charge in [-0.3, -0.25) is 19.3 Å². The van der Waals surface area contributed by atoms with Crippen molar-refractivity contribution in [1.29, 1.82) is 0 Å². The number of halogens is 1. The van der Waals surface area contributed by atoms with E-state index >= 15 is 0 Å². The molecule has 2 aliphatic heterocycles. The van der Waals surface area contributed by atoms with Gasteiger partial charge < -0.3 is 4.98 Å². The van der Waals surface area contributed by atoms with E-state index in [-0.39, 0.29) is 57.4 Å². The molecule has 3 heterocycles. The average molecular weight is 509 g/mol. The zero-order valence-electron chi connectivity index (χ0n) is 18.2. The van der Waals surface area contributed by atoms with Crippen molar-refractivity contribution < 1.29 is 9.59 Å². The van der Waals surface area contributed by atoms with E-state index in [1.165, 1.54) is 27.4 Å². The third-order valence-corrected chi connectivity index (χ3v) is 11.1. The molecule has 2 aromatic carbocycles. The second-order valence-corrected chi connectivity index (χ2v) is 12.5. The first kappa shape index (κ1) is 21.0. The van der Waals surface area contributed by atoms with Crippen molar-refractivity contribution in [1.82, 2.24) is 4.98 Å². The van der Waals surface area contributed by atoms with Gasteiger partial charge in [0, 0.05) is 21.1 Å². The number of H-pyrrole nitrogens is 1. The van der Waals surface area contributed by atoms with Crippen molar-refractivity contribution in [3.05, 3.63) is 79.2 Å². The number of imide groups is 1. The summed E-state index contributed by atoms with van der Waals surface area (Å²) in [5, 5.41) is 1.72. The maximum Gasteiger partial charge on any atom is 0.305 e. The fourth-order valence-electron chi connectivity index (χ4n) is 7.01. The number of aryl methyl sites for hydroxylation is 1. The third-order valence-electron chi connectivity index (χ3n) is 8.25. The smallest absolute Gasteiger partial charge is 0.305 e. The molecular formula is C26H21ClN2O3S2. The number of carbonyl (C=O) groups is 2. The number of nitrogens with one attached hydrogen (secondary N) is 1. The minimum atomic E-state index is -0.291. The molecule has 1 aromatic heterocycles. The van der Waals surface area contributed by atoms with Gasteiger partial charge in [-0.25, -0.2) is 0 Å². The topological polar surface area (TPSA) is 70.2 Å². The van der Waals surface area contributed by atoms with Gasteiger partial charge in [-0.1, -0.05) is 52.8 Å². The summed E-state index contributed by atoms with van der Waals surface area (Å²) in [6.07, 6.45) is 0.894. The number of carbonyl (C=O) groups excluding carboxylic acids is 2. The largest absolute Gasteiger partial charge is 0.307 e. The molecule has 8 heteroatoms. The van der Waals surface area contributed by atoms with E-state index < -0.39 is 0 Å². The van der Waals surface area contributed by atoms with Crippen LogP contribution in [0.2, 0.25) is 5.02 Å².